The molecule has 1 saturated carbocycles. The molecule has 1 aliphatic rings. The maximum Gasteiger partial charge on any atom is 0.0931 e. The molecule has 1 atom stereocenters. The van der Waals surface area contributed by atoms with Crippen LogP contribution < -0.4 is 5.32 Å². The minimum absolute atomic E-state index is 0.218. The van der Waals surface area contributed by atoms with Crippen molar-refractivity contribution in [2.75, 3.05) is 6.54 Å². The van der Waals surface area contributed by atoms with Crippen molar-refractivity contribution in [3.05, 3.63) is 16.1 Å². The normalized spacial score (nSPS) is 18.9. The molecule has 1 unspecified atom stereocenters. The van der Waals surface area contributed by atoms with Crippen molar-refractivity contribution in [3.63, 3.8) is 0 Å². The maximum atomic E-state index is 4.66. The van der Waals surface area contributed by atoms with Crippen LogP contribution in [0.5, 0.6) is 0 Å². The Hall–Kier alpha value is -0.410. The molecule has 2 nitrogen and oxygen atoms in total. The molecule has 1 aromatic rings. The molecule has 0 radical (unpaired) electrons. The molecule has 1 aliphatic carbocycles. The Kier molecular flexibility index (Phi) is 5.02. The van der Waals surface area contributed by atoms with Gasteiger partial charge in [0.15, 0.2) is 0 Å². The van der Waals surface area contributed by atoms with Crippen molar-refractivity contribution >= 4 is 11.3 Å². The fourth-order valence-corrected chi connectivity index (χ4v) is 3.86. The summed E-state index contributed by atoms with van der Waals surface area (Å²) in [6.07, 6.45) is 6.84. The topological polar surface area (TPSA) is 24.9 Å². The summed E-state index contributed by atoms with van der Waals surface area (Å²) in [7, 11) is 0. The third kappa shape index (κ3) is 4.88. The summed E-state index contributed by atoms with van der Waals surface area (Å²) in [5, 5.41) is 7.21. The third-order valence-electron chi connectivity index (χ3n) is 4.06. The zero-order valence-electron chi connectivity index (χ0n) is 12.8. The fourth-order valence-electron chi connectivity index (χ4n) is 2.99. The lowest BCUT2D eigenvalue weighted by Crippen LogP contribution is -2.41. The van der Waals surface area contributed by atoms with Crippen LogP contribution in [0.4, 0.5) is 0 Å². The first-order valence-electron chi connectivity index (χ1n) is 7.60. The highest BCUT2D eigenvalue weighted by Gasteiger charge is 2.27. The number of rotatable bonds is 5. The summed E-state index contributed by atoms with van der Waals surface area (Å²) < 4.78 is 0. The first-order chi connectivity index (χ1) is 8.94. The molecule has 1 N–H and O–H groups in total. The van der Waals surface area contributed by atoms with E-state index >= 15 is 0 Å². The predicted molar refractivity (Wildman–Crippen MR) is 83.8 cm³/mol. The van der Waals surface area contributed by atoms with Gasteiger partial charge in [0.1, 0.15) is 0 Å². The lowest BCUT2D eigenvalue weighted by Gasteiger charge is -2.28. The van der Waals surface area contributed by atoms with Gasteiger partial charge >= 0.3 is 0 Å². The zero-order chi connectivity index (χ0) is 13.9. The molecule has 0 amide bonds. The average molecular weight is 280 g/mol. The van der Waals surface area contributed by atoms with Gasteiger partial charge in [-0.3, -0.25) is 0 Å². The number of nitrogens with one attached hydrogen (secondary N) is 1. The Morgan fingerprint density at radius 2 is 2.05 bits per heavy atom. The van der Waals surface area contributed by atoms with E-state index < -0.39 is 0 Å². The van der Waals surface area contributed by atoms with Crippen LogP contribution in [-0.2, 0) is 6.42 Å². The molecule has 1 fully saturated rings. The quantitative estimate of drug-likeness (QED) is 0.875. The van der Waals surface area contributed by atoms with Crippen LogP contribution in [0.25, 0.3) is 0 Å². The lowest BCUT2D eigenvalue weighted by atomic mass is 9.87. The molecule has 0 aliphatic heterocycles. The second-order valence-electron chi connectivity index (χ2n) is 7.02. The van der Waals surface area contributed by atoms with Gasteiger partial charge in [0.2, 0.25) is 0 Å². The number of thiazole rings is 1. The number of hydrogen-bond donors (Lipinski definition) is 1. The molecule has 0 aromatic carbocycles. The van der Waals surface area contributed by atoms with E-state index in [1.165, 1.54) is 36.4 Å². The van der Waals surface area contributed by atoms with Gasteiger partial charge in [0.05, 0.1) is 5.01 Å². The Morgan fingerprint density at radius 3 is 2.58 bits per heavy atom. The number of nitrogens with zero attached hydrogens (tertiary/aromatic N) is 1. The molecule has 0 bridgehead atoms. The number of aromatic nitrogens is 1. The van der Waals surface area contributed by atoms with Gasteiger partial charge < -0.3 is 5.32 Å². The summed E-state index contributed by atoms with van der Waals surface area (Å²) in [5.41, 5.74) is 1.39. The Morgan fingerprint density at radius 1 is 1.37 bits per heavy atom. The van der Waals surface area contributed by atoms with Crippen molar-refractivity contribution in [1.82, 2.24) is 10.3 Å². The second-order valence-corrected chi connectivity index (χ2v) is 7.96. The van der Waals surface area contributed by atoms with Crippen molar-refractivity contribution in [2.24, 2.45) is 11.8 Å². The van der Waals surface area contributed by atoms with Crippen molar-refractivity contribution in [3.8, 4) is 0 Å². The molecule has 1 aromatic heterocycles. The van der Waals surface area contributed by atoms with Crippen LogP contribution in [0.2, 0.25) is 0 Å². The van der Waals surface area contributed by atoms with E-state index in [0.29, 0.717) is 0 Å². The van der Waals surface area contributed by atoms with Gasteiger partial charge in [0, 0.05) is 23.0 Å². The van der Waals surface area contributed by atoms with E-state index in [9.17, 15) is 0 Å². The highest BCUT2D eigenvalue weighted by atomic mass is 32.1. The summed E-state index contributed by atoms with van der Waals surface area (Å²) in [6.45, 7) is 10.00. The van der Waals surface area contributed by atoms with Gasteiger partial charge in [0.25, 0.3) is 0 Å². The van der Waals surface area contributed by atoms with E-state index in [1.807, 2.05) is 11.3 Å². The summed E-state index contributed by atoms with van der Waals surface area (Å²) >= 11 is 1.83. The minimum atomic E-state index is 0.218. The fraction of sp³-hybridized carbons (Fsp3) is 0.812. The third-order valence-corrected chi connectivity index (χ3v) is 5.05. The van der Waals surface area contributed by atoms with E-state index in [1.54, 1.807) is 0 Å². The van der Waals surface area contributed by atoms with E-state index in [-0.39, 0.29) is 5.54 Å². The van der Waals surface area contributed by atoms with Crippen molar-refractivity contribution in [1.29, 1.82) is 0 Å². The Balaban J connectivity index is 1.97. The number of hydrogen-bond acceptors (Lipinski definition) is 3. The molecule has 2 rings (SSSR count). The minimum Gasteiger partial charge on any atom is -0.312 e. The first-order valence-corrected chi connectivity index (χ1v) is 8.48. The summed E-state index contributed by atoms with van der Waals surface area (Å²) in [6, 6.07) is 0. The predicted octanol–water partition coefficient (Wildman–Crippen LogP) is 4.19. The molecule has 19 heavy (non-hydrogen) atoms. The smallest absolute Gasteiger partial charge is 0.0931 e. The van der Waals surface area contributed by atoms with Gasteiger partial charge in [-0.05, 0) is 46.1 Å². The van der Waals surface area contributed by atoms with Gasteiger partial charge in [-0.25, -0.2) is 4.98 Å². The van der Waals surface area contributed by atoms with Crippen LogP contribution in [0.3, 0.4) is 0 Å². The number of aryl methyl sites for hydroxylation is 1. The van der Waals surface area contributed by atoms with Crippen LogP contribution in [0, 0.1) is 18.8 Å². The molecule has 0 spiro atoms. The molecular formula is C16H28N2S. The monoisotopic (exact) mass is 280 g/mol. The summed E-state index contributed by atoms with van der Waals surface area (Å²) in [4.78, 5) is 4.66. The van der Waals surface area contributed by atoms with Crippen molar-refractivity contribution in [2.45, 2.75) is 65.3 Å². The largest absolute Gasteiger partial charge is 0.312 e. The molecule has 0 saturated heterocycles. The van der Waals surface area contributed by atoms with Gasteiger partial charge in [-0.2, -0.15) is 0 Å². The van der Waals surface area contributed by atoms with E-state index in [2.05, 4.69) is 43.4 Å². The van der Waals surface area contributed by atoms with Gasteiger partial charge in [-0.15, -0.1) is 11.3 Å². The highest BCUT2D eigenvalue weighted by molar-refractivity contribution is 7.09. The Labute approximate surface area is 122 Å². The highest BCUT2D eigenvalue weighted by Crippen LogP contribution is 2.33. The second kappa shape index (κ2) is 6.36. The zero-order valence-corrected chi connectivity index (χ0v) is 13.6. The lowest BCUT2D eigenvalue weighted by molar-refractivity contribution is 0.286. The SMILES string of the molecule is Cc1csc(CC(CNC(C)(C)C)C2CCCC2)n1. The Bertz CT molecular complexity index is 386. The van der Waals surface area contributed by atoms with Crippen LogP contribution in [0.1, 0.15) is 57.2 Å². The van der Waals surface area contributed by atoms with Crippen LogP contribution >= 0.6 is 11.3 Å². The van der Waals surface area contributed by atoms with E-state index in [4.69, 9.17) is 0 Å². The molecule has 3 heteroatoms. The molecule has 1 heterocycles. The van der Waals surface area contributed by atoms with Crippen LogP contribution in [0.15, 0.2) is 5.38 Å². The average Bonchev–Trinajstić information content (AvgIpc) is 2.94. The summed E-state index contributed by atoms with van der Waals surface area (Å²) in [5.74, 6) is 1.66. The maximum absolute atomic E-state index is 4.66. The molecular weight excluding hydrogens is 252 g/mol. The first kappa shape index (κ1) is 15.0. The van der Waals surface area contributed by atoms with Gasteiger partial charge in [-0.1, -0.05) is 25.7 Å². The standard InChI is InChI=1S/C16H28N2S/c1-12-11-19-15(18-12)9-14(10-17-16(2,3)4)13-7-5-6-8-13/h11,13-14,17H,5-10H2,1-4H3. The van der Waals surface area contributed by atoms with Crippen molar-refractivity contribution < 1.29 is 0 Å². The van der Waals surface area contributed by atoms with Crippen LogP contribution in [-0.4, -0.2) is 17.1 Å². The van der Waals surface area contributed by atoms with E-state index in [0.717, 1.165) is 24.8 Å². The molecule has 108 valence electrons.